The maximum atomic E-state index is 14.0. The SMILES string of the molecule is COC(=O)[C@@](C)(C[C@@H](F)C(=O)O)CP(=O)(OCc1ccccc1)OCc1ccccc1. The zero-order valence-electron chi connectivity index (χ0n) is 17.4. The zero-order chi connectivity index (χ0) is 22.9. The van der Waals surface area contributed by atoms with Crippen LogP contribution in [-0.2, 0) is 41.2 Å². The van der Waals surface area contributed by atoms with E-state index < -0.39 is 43.7 Å². The van der Waals surface area contributed by atoms with Crippen molar-refractivity contribution in [3.8, 4) is 0 Å². The topological polar surface area (TPSA) is 99.1 Å². The van der Waals surface area contributed by atoms with Gasteiger partial charge < -0.3 is 18.9 Å². The smallest absolute Gasteiger partial charge is 0.338 e. The molecule has 0 amide bonds. The number of hydrogen-bond acceptors (Lipinski definition) is 6. The van der Waals surface area contributed by atoms with Gasteiger partial charge in [0.05, 0.1) is 31.9 Å². The molecule has 31 heavy (non-hydrogen) atoms. The van der Waals surface area contributed by atoms with Gasteiger partial charge in [0.15, 0.2) is 6.17 Å². The molecule has 0 saturated heterocycles. The van der Waals surface area contributed by atoms with Crippen LogP contribution in [0.25, 0.3) is 0 Å². The Morgan fingerprint density at radius 2 is 1.45 bits per heavy atom. The van der Waals surface area contributed by atoms with Gasteiger partial charge in [0.25, 0.3) is 0 Å². The Morgan fingerprint density at radius 3 is 1.84 bits per heavy atom. The van der Waals surface area contributed by atoms with Crippen LogP contribution in [0.4, 0.5) is 4.39 Å². The number of benzene rings is 2. The number of halogens is 1. The molecule has 0 aromatic heterocycles. The molecule has 7 nitrogen and oxygen atoms in total. The predicted octanol–water partition coefficient (Wildman–Crippen LogP) is 4.61. The monoisotopic (exact) mass is 452 g/mol. The summed E-state index contributed by atoms with van der Waals surface area (Å²) in [6, 6.07) is 17.8. The standard InChI is InChI=1S/C22H26FO7P/c1-22(21(26)28-2,13-19(23)20(24)25)16-31(27,29-14-17-9-5-3-6-10-17)30-15-18-11-7-4-8-12-18/h3-12,19H,13-16H2,1-2H3,(H,24,25)/t19-,22+/m1/s1. The molecule has 0 radical (unpaired) electrons. The Balaban J connectivity index is 2.27. The first-order valence-electron chi connectivity index (χ1n) is 9.59. The molecule has 2 aromatic rings. The normalized spacial score (nSPS) is 14.4. The Bertz CT molecular complexity index is 859. The molecule has 0 aliphatic heterocycles. The quantitative estimate of drug-likeness (QED) is 0.371. The van der Waals surface area contributed by atoms with Crippen molar-refractivity contribution in [3.05, 3.63) is 71.8 Å². The number of alkyl halides is 1. The van der Waals surface area contributed by atoms with E-state index >= 15 is 0 Å². The number of esters is 1. The highest BCUT2D eigenvalue weighted by molar-refractivity contribution is 7.53. The summed E-state index contributed by atoms with van der Waals surface area (Å²) in [7, 11) is -2.89. The van der Waals surface area contributed by atoms with Crippen molar-refractivity contribution in [1.82, 2.24) is 0 Å². The second-order valence-electron chi connectivity index (χ2n) is 7.35. The van der Waals surface area contributed by atoms with Crippen LogP contribution in [-0.4, -0.2) is 36.5 Å². The van der Waals surface area contributed by atoms with E-state index in [1.165, 1.54) is 6.92 Å². The largest absolute Gasteiger partial charge is 0.479 e. The van der Waals surface area contributed by atoms with Crippen molar-refractivity contribution in [2.45, 2.75) is 32.7 Å². The van der Waals surface area contributed by atoms with Crippen molar-refractivity contribution in [2.24, 2.45) is 5.41 Å². The van der Waals surface area contributed by atoms with E-state index in [2.05, 4.69) is 0 Å². The lowest BCUT2D eigenvalue weighted by Crippen LogP contribution is -2.38. The minimum absolute atomic E-state index is 0.0673. The maximum Gasteiger partial charge on any atom is 0.338 e. The maximum absolute atomic E-state index is 14.0. The third-order valence-electron chi connectivity index (χ3n) is 4.66. The predicted molar refractivity (Wildman–Crippen MR) is 112 cm³/mol. The average Bonchev–Trinajstić information content (AvgIpc) is 2.77. The molecule has 0 unspecified atom stereocenters. The Kier molecular flexibility index (Phi) is 8.92. The molecule has 2 atom stereocenters. The van der Waals surface area contributed by atoms with E-state index in [9.17, 15) is 18.5 Å². The first-order valence-corrected chi connectivity index (χ1v) is 11.3. The van der Waals surface area contributed by atoms with E-state index in [-0.39, 0.29) is 13.2 Å². The van der Waals surface area contributed by atoms with Gasteiger partial charge in [-0.05, 0) is 18.1 Å². The van der Waals surface area contributed by atoms with Gasteiger partial charge in [-0.1, -0.05) is 60.7 Å². The number of carboxylic acids is 1. The molecule has 2 rings (SSSR count). The molecule has 0 saturated carbocycles. The van der Waals surface area contributed by atoms with Crippen LogP contribution in [0.3, 0.4) is 0 Å². The van der Waals surface area contributed by atoms with Crippen molar-refractivity contribution < 1.29 is 37.4 Å². The van der Waals surface area contributed by atoms with Crippen molar-refractivity contribution in [3.63, 3.8) is 0 Å². The average molecular weight is 452 g/mol. The summed E-state index contributed by atoms with van der Waals surface area (Å²) < 4.78 is 43.6. The number of carboxylic acid groups (broad SMARTS) is 1. The van der Waals surface area contributed by atoms with Crippen LogP contribution < -0.4 is 0 Å². The summed E-state index contributed by atoms with van der Waals surface area (Å²) >= 11 is 0. The second-order valence-corrected chi connectivity index (χ2v) is 9.40. The first-order chi connectivity index (χ1) is 14.7. The third kappa shape index (κ3) is 7.58. The molecular weight excluding hydrogens is 426 g/mol. The molecule has 168 valence electrons. The van der Waals surface area contributed by atoms with E-state index in [1.807, 2.05) is 12.1 Å². The highest BCUT2D eigenvalue weighted by atomic mass is 31.2. The minimum Gasteiger partial charge on any atom is -0.479 e. The fourth-order valence-electron chi connectivity index (χ4n) is 2.99. The fourth-order valence-corrected chi connectivity index (χ4v) is 5.05. The Morgan fingerprint density at radius 1 is 1.00 bits per heavy atom. The second kappa shape index (κ2) is 11.2. The first kappa shape index (κ1) is 24.7. The molecule has 0 heterocycles. The van der Waals surface area contributed by atoms with Crippen LogP contribution in [0.1, 0.15) is 24.5 Å². The number of carbonyl (C=O) groups is 2. The Labute approximate surface area is 180 Å². The van der Waals surface area contributed by atoms with Crippen LogP contribution >= 0.6 is 7.60 Å². The van der Waals surface area contributed by atoms with Crippen LogP contribution in [0, 0.1) is 5.41 Å². The summed E-state index contributed by atoms with van der Waals surface area (Å²) in [5, 5.41) is 8.94. The van der Waals surface area contributed by atoms with E-state index in [0.29, 0.717) is 0 Å². The number of rotatable bonds is 12. The van der Waals surface area contributed by atoms with Gasteiger partial charge in [-0.3, -0.25) is 9.36 Å². The number of methoxy groups -OCH3 is 1. The summed E-state index contributed by atoms with van der Waals surface area (Å²) in [6.45, 7) is 1.16. The summed E-state index contributed by atoms with van der Waals surface area (Å²) in [4.78, 5) is 23.4. The van der Waals surface area contributed by atoms with Crippen LogP contribution in [0.2, 0.25) is 0 Å². The highest BCUT2D eigenvalue weighted by Crippen LogP contribution is 2.55. The molecule has 0 aliphatic rings. The van der Waals surface area contributed by atoms with Gasteiger partial charge in [-0.2, -0.15) is 0 Å². The molecule has 0 fully saturated rings. The number of hydrogen-bond donors (Lipinski definition) is 1. The van der Waals surface area contributed by atoms with Gasteiger partial charge in [-0.15, -0.1) is 0 Å². The molecule has 0 bridgehead atoms. The molecule has 0 spiro atoms. The lowest BCUT2D eigenvalue weighted by molar-refractivity contribution is -0.154. The number of ether oxygens (including phenoxy) is 1. The minimum atomic E-state index is -3.99. The Hall–Kier alpha value is -2.54. The third-order valence-corrected chi connectivity index (χ3v) is 6.79. The lowest BCUT2D eigenvalue weighted by Gasteiger charge is -2.30. The van der Waals surface area contributed by atoms with Gasteiger partial charge in [0.1, 0.15) is 0 Å². The number of aliphatic carboxylic acids is 1. The summed E-state index contributed by atoms with van der Waals surface area (Å²) in [5.41, 5.74) is -0.297. The van der Waals surface area contributed by atoms with Gasteiger partial charge in [0.2, 0.25) is 0 Å². The molecule has 0 aliphatic carbocycles. The highest BCUT2D eigenvalue weighted by Gasteiger charge is 2.46. The van der Waals surface area contributed by atoms with Crippen molar-refractivity contribution in [1.29, 1.82) is 0 Å². The van der Waals surface area contributed by atoms with Crippen LogP contribution in [0.5, 0.6) is 0 Å². The molecule has 1 N–H and O–H groups in total. The molecular formula is C22H26FO7P. The van der Waals surface area contributed by atoms with E-state index in [1.54, 1.807) is 48.5 Å². The lowest BCUT2D eigenvalue weighted by atomic mass is 9.87. The van der Waals surface area contributed by atoms with Crippen molar-refractivity contribution in [2.75, 3.05) is 13.3 Å². The molecule has 2 aromatic carbocycles. The van der Waals surface area contributed by atoms with E-state index in [4.69, 9.17) is 18.9 Å². The summed E-state index contributed by atoms with van der Waals surface area (Å²) in [6.07, 6.45) is -3.62. The van der Waals surface area contributed by atoms with Gasteiger partial charge in [0, 0.05) is 6.42 Å². The van der Waals surface area contributed by atoms with E-state index in [0.717, 1.165) is 18.2 Å². The van der Waals surface area contributed by atoms with Crippen LogP contribution in [0.15, 0.2) is 60.7 Å². The van der Waals surface area contributed by atoms with Crippen molar-refractivity contribution >= 4 is 19.5 Å². The fraction of sp³-hybridized carbons (Fsp3) is 0.364. The van der Waals surface area contributed by atoms with Gasteiger partial charge in [-0.25, -0.2) is 9.18 Å². The molecule has 9 heteroatoms. The number of carbonyl (C=O) groups excluding carboxylic acids is 1. The zero-order valence-corrected chi connectivity index (χ0v) is 18.3. The van der Waals surface area contributed by atoms with Gasteiger partial charge >= 0.3 is 19.5 Å². The summed E-state index contributed by atoms with van der Waals surface area (Å²) in [5.74, 6) is -2.62.